The number of sulfonamides is 1. The fourth-order valence-corrected chi connectivity index (χ4v) is 5.20. The van der Waals surface area contributed by atoms with Crippen molar-refractivity contribution in [3.05, 3.63) is 65.7 Å². The minimum atomic E-state index is -3.52. The third kappa shape index (κ3) is 8.97. The van der Waals surface area contributed by atoms with Crippen LogP contribution in [0.4, 0.5) is 5.69 Å². The number of nitrogens with one attached hydrogen (secondary N) is 1. The van der Waals surface area contributed by atoms with Gasteiger partial charge in [-0.1, -0.05) is 55.5 Å². The van der Waals surface area contributed by atoms with Gasteiger partial charge in [-0.2, -0.15) is 0 Å². The molecule has 0 aliphatic carbocycles. The van der Waals surface area contributed by atoms with Crippen LogP contribution in [0.2, 0.25) is 0 Å². The lowest BCUT2D eigenvalue weighted by atomic mass is 10.0. The summed E-state index contributed by atoms with van der Waals surface area (Å²) < 4.78 is 26.4. The van der Waals surface area contributed by atoms with Crippen molar-refractivity contribution >= 4 is 27.5 Å². The van der Waals surface area contributed by atoms with E-state index in [1.165, 1.54) is 10.6 Å². The summed E-state index contributed by atoms with van der Waals surface area (Å²) in [5, 5.41) is 3.01. The molecule has 36 heavy (non-hydrogen) atoms. The van der Waals surface area contributed by atoms with Crippen LogP contribution in [0, 0.1) is 6.92 Å². The number of carbonyl (C=O) groups is 2. The summed E-state index contributed by atoms with van der Waals surface area (Å²) in [4.78, 5) is 28.2. The molecular formula is C28H41N3O4S. The van der Waals surface area contributed by atoms with Crippen LogP contribution in [-0.4, -0.2) is 56.1 Å². The lowest BCUT2D eigenvalue weighted by molar-refractivity contribution is -0.141. The fourth-order valence-electron chi connectivity index (χ4n) is 4.17. The fraction of sp³-hybridized carbons (Fsp3) is 0.500. The van der Waals surface area contributed by atoms with E-state index in [0.29, 0.717) is 31.5 Å². The molecule has 198 valence electrons. The van der Waals surface area contributed by atoms with E-state index in [1.54, 1.807) is 17.0 Å². The molecule has 1 unspecified atom stereocenters. The van der Waals surface area contributed by atoms with Gasteiger partial charge in [0.05, 0.1) is 11.9 Å². The largest absolute Gasteiger partial charge is 0.350 e. The smallest absolute Gasteiger partial charge is 0.243 e. The summed E-state index contributed by atoms with van der Waals surface area (Å²) in [6, 6.07) is 16.6. The number of hydrogen-bond donors (Lipinski definition) is 1. The molecule has 2 rings (SSSR count). The Hall–Kier alpha value is -2.87. The second kappa shape index (κ2) is 12.9. The average Bonchev–Trinajstić information content (AvgIpc) is 2.78. The molecule has 1 atom stereocenters. The van der Waals surface area contributed by atoms with E-state index in [-0.39, 0.29) is 24.8 Å². The minimum absolute atomic E-state index is 0.145. The van der Waals surface area contributed by atoms with Crippen molar-refractivity contribution < 1.29 is 18.0 Å². The summed E-state index contributed by atoms with van der Waals surface area (Å²) in [6.07, 6.45) is 2.79. The van der Waals surface area contributed by atoms with Gasteiger partial charge in [0.25, 0.3) is 0 Å². The molecule has 0 saturated heterocycles. The van der Waals surface area contributed by atoms with Gasteiger partial charge in [-0.05, 0) is 64.2 Å². The average molecular weight is 516 g/mol. The van der Waals surface area contributed by atoms with Gasteiger partial charge in [0.1, 0.15) is 6.04 Å². The molecule has 0 heterocycles. The van der Waals surface area contributed by atoms with Crippen LogP contribution in [-0.2, 0) is 26.0 Å². The number of carbonyl (C=O) groups excluding carboxylic acids is 2. The second-order valence-electron chi connectivity index (χ2n) is 10.2. The topological polar surface area (TPSA) is 86.8 Å². The normalized spacial score (nSPS) is 12.6. The Morgan fingerprint density at radius 2 is 1.58 bits per heavy atom. The second-order valence-corrected chi connectivity index (χ2v) is 12.1. The summed E-state index contributed by atoms with van der Waals surface area (Å²) in [7, 11) is -3.52. The van der Waals surface area contributed by atoms with Gasteiger partial charge in [-0.25, -0.2) is 8.42 Å². The Morgan fingerprint density at radius 3 is 2.14 bits per heavy atom. The number of aryl methyl sites for hydroxylation is 1. The van der Waals surface area contributed by atoms with Crippen LogP contribution in [0.5, 0.6) is 0 Å². The van der Waals surface area contributed by atoms with Gasteiger partial charge in [-0.15, -0.1) is 0 Å². The highest BCUT2D eigenvalue weighted by Crippen LogP contribution is 2.23. The molecule has 0 aromatic heterocycles. The number of para-hydroxylation sites is 1. The molecule has 0 bridgehead atoms. The highest BCUT2D eigenvalue weighted by atomic mass is 32.2. The number of nitrogens with zero attached hydrogens (tertiary/aromatic N) is 2. The monoisotopic (exact) mass is 515 g/mol. The zero-order chi connectivity index (χ0) is 26.9. The molecule has 0 spiro atoms. The third-order valence-corrected chi connectivity index (χ3v) is 7.08. The minimum Gasteiger partial charge on any atom is -0.350 e. The van der Waals surface area contributed by atoms with Gasteiger partial charge in [0.15, 0.2) is 0 Å². The maximum Gasteiger partial charge on any atom is 0.243 e. The number of anilines is 1. The van der Waals surface area contributed by atoms with E-state index < -0.39 is 21.6 Å². The van der Waals surface area contributed by atoms with E-state index in [0.717, 1.165) is 11.1 Å². The zero-order valence-corrected chi connectivity index (χ0v) is 23.3. The molecule has 0 fully saturated rings. The van der Waals surface area contributed by atoms with E-state index in [4.69, 9.17) is 0 Å². The summed E-state index contributed by atoms with van der Waals surface area (Å²) in [5.41, 5.74) is 2.14. The van der Waals surface area contributed by atoms with Gasteiger partial charge in [-0.3, -0.25) is 13.9 Å². The first-order valence-corrected chi connectivity index (χ1v) is 14.4. The predicted molar refractivity (Wildman–Crippen MR) is 146 cm³/mol. The van der Waals surface area contributed by atoms with Crippen LogP contribution in [0.25, 0.3) is 0 Å². The quantitative estimate of drug-likeness (QED) is 0.456. The van der Waals surface area contributed by atoms with Crippen LogP contribution < -0.4 is 9.62 Å². The van der Waals surface area contributed by atoms with E-state index >= 15 is 0 Å². The number of amides is 2. The molecule has 1 N–H and O–H groups in total. The molecular weight excluding hydrogens is 474 g/mol. The highest BCUT2D eigenvalue weighted by molar-refractivity contribution is 7.92. The maximum atomic E-state index is 13.4. The van der Waals surface area contributed by atoms with Crippen molar-refractivity contribution in [1.82, 2.24) is 10.2 Å². The van der Waals surface area contributed by atoms with E-state index in [9.17, 15) is 18.0 Å². The molecule has 8 heteroatoms. The first kappa shape index (κ1) is 29.4. The Labute approximate surface area is 216 Å². The Bertz CT molecular complexity index is 1110. The van der Waals surface area contributed by atoms with E-state index in [1.807, 2.05) is 77.1 Å². The SMILES string of the molecule is CCC(C(=O)NC(C)(C)C)N(CCc1ccccc1)C(=O)CCCN(c1ccccc1C)S(C)(=O)=O. The first-order chi connectivity index (χ1) is 16.8. The van der Waals surface area contributed by atoms with Crippen LogP contribution in [0.3, 0.4) is 0 Å². The molecule has 0 aliphatic rings. The standard InChI is InChI=1S/C28H41N3O4S/c1-7-24(27(33)29-28(3,4)5)30(21-19-23-15-9-8-10-16-23)26(32)18-13-20-31(36(6,34)35)25-17-12-11-14-22(25)2/h8-12,14-17,24H,7,13,18-21H2,1-6H3,(H,29,33). The number of benzene rings is 2. The van der Waals surface area contributed by atoms with Crippen molar-refractivity contribution in [1.29, 1.82) is 0 Å². The molecule has 2 amide bonds. The van der Waals surface area contributed by atoms with Crippen LogP contribution >= 0.6 is 0 Å². The van der Waals surface area contributed by atoms with Crippen molar-refractivity contribution in [2.24, 2.45) is 0 Å². The number of hydrogen-bond acceptors (Lipinski definition) is 4. The summed E-state index contributed by atoms with van der Waals surface area (Å²) >= 11 is 0. The van der Waals surface area contributed by atoms with Gasteiger partial charge in [0.2, 0.25) is 21.8 Å². The number of rotatable bonds is 12. The van der Waals surface area contributed by atoms with Gasteiger partial charge in [0, 0.05) is 25.0 Å². The first-order valence-electron chi connectivity index (χ1n) is 12.5. The van der Waals surface area contributed by atoms with Crippen molar-refractivity contribution in [3.63, 3.8) is 0 Å². The van der Waals surface area contributed by atoms with Crippen LogP contribution in [0.15, 0.2) is 54.6 Å². The molecule has 0 aliphatic heterocycles. The third-order valence-electron chi connectivity index (χ3n) is 5.90. The summed E-state index contributed by atoms with van der Waals surface area (Å²) in [5.74, 6) is -0.329. The molecule has 0 saturated carbocycles. The zero-order valence-electron chi connectivity index (χ0n) is 22.5. The Balaban J connectivity index is 2.19. The van der Waals surface area contributed by atoms with Gasteiger partial charge >= 0.3 is 0 Å². The van der Waals surface area contributed by atoms with Crippen molar-refractivity contribution in [2.45, 2.75) is 71.9 Å². The lowest BCUT2D eigenvalue weighted by Gasteiger charge is -2.33. The molecule has 2 aromatic carbocycles. The Morgan fingerprint density at radius 1 is 0.972 bits per heavy atom. The van der Waals surface area contributed by atoms with Gasteiger partial charge < -0.3 is 10.2 Å². The Kier molecular flexibility index (Phi) is 10.5. The predicted octanol–water partition coefficient (Wildman–Crippen LogP) is 4.31. The van der Waals surface area contributed by atoms with Crippen LogP contribution in [0.1, 0.15) is 58.1 Å². The molecule has 2 aromatic rings. The van der Waals surface area contributed by atoms with E-state index in [2.05, 4.69) is 5.32 Å². The lowest BCUT2D eigenvalue weighted by Crippen LogP contribution is -2.54. The summed E-state index contributed by atoms with van der Waals surface area (Å²) in [6.45, 7) is 10.1. The molecule has 7 nitrogen and oxygen atoms in total. The van der Waals surface area contributed by atoms with Crippen molar-refractivity contribution in [3.8, 4) is 0 Å². The molecule has 0 radical (unpaired) electrons. The van der Waals surface area contributed by atoms with Crippen molar-refractivity contribution in [2.75, 3.05) is 23.7 Å². The maximum absolute atomic E-state index is 13.4. The highest BCUT2D eigenvalue weighted by Gasteiger charge is 2.30.